The van der Waals surface area contributed by atoms with Crippen molar-refractivity contribution >= 4 is 32.1 Å². The predicted octanol–water partition coefficient (Wildman–Crippen LogP) is 8.10. The van der Waals surface area contributed by atoms with Crippen molar-refractivity contribution in [1.29, 1.82) is 0 Å². The molecule has 65 heavy (non-hydrogen) atoms. The molecule has 2 aliphatic carbocycles. The van der Waals surface area contributed by atoms with E-state index in [4.69, 9.17) is 9.97 Å². The minimum Gasteiger partial charge on any atom is -0.395 e. The number of H-pyrrole nitrogens is 1. The second-order valence-corrected chi connectivity index (χ2v) is 19.8. The van der Waals surface area contributed by atoms with Gasteiger partial charge in [-0.1, -0.05) is 32.0 Å². The summed E-state index contributed by atoms with van der Waals surface area (Å²) in [7, 11) is -0.0156. The minimum absolute atomic E-state index is 0.195. The minimum atomic E-state index is -3.81. The summed E-state index contributed by atoms with van der Waals surface area (Å²) in [4.78, 5) is 17.9. The van der Waals surface area contributed by atoms with Crippen molar-refractivity contribution in [2.75, 3.05) is 39.4 Å². The number of aliphatic hydroxyl groups excluding tert-OH is 2. The van der Waals surface area contributed by atoms with E-state index in [1.54, 1.807) is 47.4 Å². The van der Waals surface area contributed by atoms with Gasteiger partial charge in [0.2, 0.25) is 0 Å². The van der Waals surface area contributed by atoms with Gasteiger partial charge in [-0.25, -0.2) is 22.4 Å². The molecule has 0 radical (unpaired) electrons. The van der Waals surface area contributed by atoms with Crippen molar-refractivity contribution in [2.24, 2.45) is 14.1 Å². The van der Waals surface area contributed by atoms with Gasteiger partial charge in [-0.3, -0.25) is 19.2 Å². The zero-order valence-corrected chi connectivity index (χ0v) is 39.2. The van der Waals surface area contributed by atoms with Crippen LogP contribution >= 0.6 is 0 Å². The monoisotopic (exact) mass is 902 g/mol. The second-order valence-electron chi connectivity index (χ2n) is 18.0. The van der Waals surface area contributed by atoms with Gasteiger partial charge < -0.3 is 15.2 Å². The van der Waals surface area contributed by atoms with Gasteiger partial charge >= 0.3 is 0 Å². The maximum atomic E-state index is 13.6. The third-order valence-electron chi connectivity index (χ3n) is 13.7. The molecule has 14 nitrogen and oxygen atoms in total. The topological polar surface area (TPSA) is 163 Å². The van der Waals surface area contributed by atoms with E-state index in [1.807, 2.05) is 56.0 Å². The first kappa shape index (κ1) is 46.3. The Labute approximate surface area is 383 Å². The highest BCUT2D eigenvalue weighted by atomic mass is 32.2. The molecule has 0 amide bonds. The SMILES string of the molecule is CCCN(CCO)C1CCC(c2cnc3[nH]cc(-c4cnn(C)c4)c3c2)CC1.CCCN(CCO)C1CCC(c2cnc3c(c2)c(-c2cnn(C)c2)cn3S(=O)(=O)c2ccccc2)CC1. The van der Waals surface area contributed by atoms with Crippen molar-refractivity contribution < 1.29 is 18.6 Å². The van der Waals surface area contributed by atoms with Gasteiger partial charge in [-0.2, -0.15) is 10.2 Å². The molecule has 0 aliphatic heterocycles. The summed E-state index contributed by atoms with van der Waals surface area (Å²) in [5.41, 5.74) is 7.82. The van der Waals surface area contributed by atoms with Gasteiger partial charge in [0, 0.05) is 109 Å². The molecule has 2 aliphatic rings. The number of hydrogen-bond donors (Lipinski definition) is 3. The Hall–Kier alpha value is -5.19. The van der Waals surface area contributed by atoms with Crippen LogP contribution in [-0.4, -0.2) is 118 Å². The highest BCUT2D eigenvalue weighted by Gasteiger charge is 2.30. The number of pyridine rings is 2. The number of hydrogen-bond acceptors (Lipinski definition) is 10. The Balaban J connectivity index is 0.000000184. The fourth-order valence-corrected chi connectivity index (χ4v) is 11.7. The highest BCUT2D eigenvalue weighted by Crippen LogP contribution is 2.40. The van der Waals surface area contributed by atoms with Gasteiger partial charge in [0.25, 0.3) is 10.0 Å². The predicted molar refractivity (Wildman–Crippen MR) is 257 cm³/mol. The van der Waals surface area contributed by atoms with Gasteiger partial charge in [-0.05, 0) is 125 Å². The Morgan fingerprint density at radius 2 is 1.18 bits per heavy atom. The van der Waals surface area contributed by atoms with Gasteiger partial charge in [0.1, 0.15) is 5.65 Å². The number of aromatic amines is 1. The molecule has 6 aromatic heterocycles. The summed E-state index contributed by atoms with van der Waals surface area (Å²) < 4.78 is 32.0. The molecule has 6 heterocycles. The summed E-state index contributed by atoms with van der Waals surface area (Å²) in [6.45, 7) is 8.48. The normalized spacial score (nSPS) is 19.3. The molecule has 3 N–H and O–H groups in total. The summed E-state index contributed by atoms with van der Waals surface area (Å²) >= 11 is 0. The Bertz CT molecular complexity index is 2710. The van der Waals surface area contributed by atoms with Crippen LogP contribution in [0.15, 0.2) is 96.9 Å². The van der Waals surface area contributed by atoms with E-state index in [-0.39, 0.29) is 18.1 Å². The van der Waals surface area contributed by atoms with Crippen molar-refractivity contribution in [3.05, 3.63) is 103 Å². The van der Waals surface area contributed by atoms with Crippen LogP contribution in [0.2, 0.25) is 0 Å². The lowest BCUT2D eigenvalue weighted by Gasteiger charge is -2.36. The fourth-order valence-electron chi connectivity index (χ4n) is 10.4. The van der Waals surface area contributed by atoms with E-state index in [2.05, 4.69) is 51.0 Å². The van der Waals surface area contributed by atoms with Crippen LogP contribution in [0.4, 0.5) is 0 Å². The molecule has 15 heteroatoms. The smallest absolute Gasteiger partial charge is 0.269 e. The van der Waals surface area contributed by atoms with Gasteiger partial charge in [0.05, 0.1) is 30.5 Å². The number of fused-ring (bicyclic) bond motifs is 2. The Morgan fingerprint density at radius 1 is 0.662 bits per heavy atom. The van der Waals surface area contributed by atoms with Crippen LogP contribution in [0.25, 0.3) is 44.3 Å². The summed E-state index contributed by atoms with van der Waals surface area (Å²) in [5, 5.41) is 29.5. The number of aryl methyl sites for hydroxylation is 2. The number of aliphatic hydroxyl groups is 2. The highest BCUT2D eigenvalue weighted by molar-refractivity contribution is 7.90. The van der Waals surface area contributed by atoms with E-state index >= 15 is 0 Å². The second kappa shape index (κ2) is 21.0. The largest absolute Gasteiger partial charge is 0.395 e. The molecule has 0 spiro atoms. The van der Waals surface area contributed by atoms with Crippen molar-refractivity contribution in [1.82, 2.24) is 48.3 Å². The average molecular weight is 903 g/mol. The summed E-state index contributed by atoms with van der Waals surface area (Å²) in [6.07, 6.45) is 26.5. The number of nitrogens with one attached hydrogen (secondary N) is 1. The maximum absolute atomic E-state index is 13.6. The molecule has 1 aromatic carbocycles. The lowest BCUT2D eigenvalue weighted by atomic mass is 9.81. The molecule has 0 unspecified atom stereocenters. The standard InChI is InChI=1S/C28H35N5O3S.C22H31N5O/c1-3-13-32(14-15-34)24-11-9-21(10-12-24)22-16-26-27(23-18-30-31(2)19-23)20-33(28(26)29-17-22)37(35,36)25-7-5-4-6-8-25;1-3-8-27(9-10-28)19-6-4-16(5-7-19)17-11-20-21(14-24-22(20)23-12-17)18-13-25-26(2)15-18/h4-8,16-21,24,34H,3,9-15H2,1-2H3;11-16,19,28H,3-10H2,1-2H3,(H,23,24). The van der Waals surface area contributed by atoms with E-state index in [0.717, 1.165) is 98.0 Å². The summed E-state index contributed by atoms with van der Waals surface area (Å²) in [6, 6.07) is 14.0. The summed E-state index contributed by atoms with van der Waals surface area (Å²) in [5.74, 6) is 0.948. The molecule has 0 bridgehead atoms. The molecule has 346 valence electrons. The van der Waals surface area contributed by atoms with Gasteiger partial charge in [-0.15, -0.1) is 0 Å². The maximum Gasteiger partial charge on any atom is 0.269 e. The Kier molecular flexibility index (Phi) is 15.0. The first-order valence-electron chi connectivity index (χ1n) is 23.6. The van der Waals surface area contributed by atoms with Crippen LogP contribution in [-0.2, 0) is 24.1 Å². The molecule has 0 atom stereocenters. The van der Waals surface area contributed by atoms with Gasteiger partial charge in [0.15, 0.2) is 5.65 Å². The molecule has 2 saturated carbocycles. The number of benzene rings is 1. The van der Waals surface area contributed by atoms with E-state index in [1.165, 1.54) is 46.2 Å². The van der Waals surface area contributed by atoms with Crippen LogP contribution in [0, 0.1) is 0 Å². The zero-order chi connectivity index (χ0) is 45.5. The van der Waals surface area contributed by atoms with Crippen LogP contribution in [0.5, 0.6) is 0 Å². The average Bonchev–Trinajstić information content (AvgIpc) is 4.15. The molecular weight excluding hydrogens is 837 g/mol. The third-order valence-corrected chi connectivity index (χ3v) is 15.3. The number of nitrogens with zero attached hydrogens (tertiary/aromatic N) is 9. The lowest BCUT2D eigenvalue weighted by Crippen LogP contribution is -2.40. The fraction of sp³-hybridized carbons (Fsp3) is 0.480. The first-order chi connectivity index (χ1) is 31.6. The molecular formula is C50H66N10O4S. The third kappa shape index (κ3) is 10.3. The van der Waals surface area contributed by atoms with Crippen molar-refractivity contribution in [2.45, 2.75) is 107 Å². The molecule has 7 aromatic rings. The van der Waals surface area contributed by atoms with Crippen molar-refractivity contribution in [3.8, 4) is 22.3 Å². The quantitative estimate of drug-likeness (QED) is 0.0864. The molecule has 9 rings (SSSR count). The lowest BCUT2D eigenvalue weighted by molar-refractivity contribution is 0.119. The van der Waals surface area contributed by atoms with E-state index < -0.39 is 10.0 Å². The molecule has 0 saturated heterocycles. The van der Waals surface area contributed by atoms with Crippen molar-refractivity contribution in [3.63, 3.8) is 0 Å². The van der Waals surface area contributed by atoms with Crippen LogP contribution in [0.3, 0.4) is 0 Å². The van der Waals surface area contributed by atoms with Crippen LogP contribution in [0.1, 0.15) is 101 Å². The van der Waals surface area contributed by atoms with E-state index in [9.17, 15) is 18.6 Å². The number of aromatic nitrogens is 8. The number of rotatable bonds is 16. The first-order valence-corrected chi connectivity index (χ1v) is 25.0. The van der Waals surface area contributed by atoms with Crippen LogP contribution < -0.4 is 0 Å². The molecule has 2 fully saturated rings. The van der Waals surface area contributed by atoms with E-state index in [0.29, 0.717) is 29.6 Å². The zero-order valence-electron chi connectivity index (χ0n) is 38.4. The Morgan fingerprint density at radius 3 is 1.69 bits per heavy atom.